The minimum Gasteiger partial charge on any atom is -0.388 e. The van der Waals surface area contributed by atoms with Crippen LogP contribution >= 0.6 is 26.8 Å². The second-order valence-corrected chi connectivity index (χ2v) is 14.1. The minimum absolute atomic E-state index is 0.0747. The van der Waals surface area contributed by atoms with Crippen LogP contribution in [0.5, 0.6) is 0 Å². The number of nitrogens with two attached hydrogens (primary N) is 2. The summed E-state index contributed by atoms with van der Waals surface area (Å²) < 4.78 is 46.7. The van der Waals surface area contributed by atoms with Crippen LogP contribution in [-0.2, 0) is 27.4 Å². The molecule has 23 heteroatoms. The Bertz CT molecular complexity index is 1590. The number of rotatable bonds is 11. The average Bonchev–Trinajstić information content (AvgIpc) is 3.70. The maximum Gasteiger partial charge on any atom is 0.479 e. The molecule has 5 heterocycles. The number of amides is 1. The highest BCUT2D eigenvalue weighted by molar-refractivity contribution is 7.64. The van der Waals surface area contributed by atoms with Crippen molar-refractivity contribution in [2.24, 2.45) is 5.73 Å². The number of carbonyl (C=O) groups is 1. The fraction of sp³-hybridized carbons (Fsp3) is 0.550. The Morgan fingerprint density at radius 2 is 1.77 bits per heavy atom. The smallest absolute Gasteiger partial charge is 0.388 e. The standard InChI is InChI=1S/C20H27N7O13P2S/c21-16-10-18(24-5-23-16)27(6-25-10)20-14(31)11(28)8(39-20)1-2-41(33,34)40-42(35,36)37-3-9-12(29)13(30)15(38-9)19-26-7(4-43-19)17(22)32/h4-6,8-9,11-15,20,28-31H,1-3H2,(H2,22,32)(H,33,34)(H,35,36)(H2,21,23,24)/t8-,9-,11-,12-,13-,14-,15-,20-/m1/s1. The van der Waals surface area contributed by atoms with Gasteiger partial charge in [-0.2, -0.15) is 0 Å². The number of phosphoric ester groups is 1. The average molecular weight is 667 g/mol. The van der Waals surface area contributed by atoms with Crippen LogP contribution in [0.15, 0.2) is 18.0 Å². The van der Waals surface area contributed by atoms with Crippen molar-refractivity contribution in [3.8, 4) is 0 Å². The summed E-state index contributed by atoms with van der Waals surface area (Å²) in [6, 6.07) is 0. The molecule has 2 unspecified atom stereocenters. The number of aliphatic hydroxyl groups is 4. The number of ether oxygens (including phenoxy) is 2. The van der Waals surface area contributed by atoms with Crippen LogP contribution in [0, 0.1) is 0 Å². The van der Waals surface area contributed by atoms with Gasteiger partial charge in [-0.15, -0.1) is 11.3 Å². The quantitative estimate of drug-likeness (QED) is 0.104. The fourth-order valence-electron chi connectivity index (χ4n) is 4.56. The van der Waals surface area contributed by atoms with Crippen LogP contribution in [0.3, 0.4) is 0 Å². The van der Waals surface area contributed by atoms with Crippen molar-refractivity contribution in [3.05, 3.63) is 28.7 Å². The molecule has 236 valence electrons. The maximum absolute atomic E-state index is 12.6. The molecule has 2 aliphatic rings. The normalized spacial score (nSPS) is 32.1. The molecule has 1 amide bonds. The number of hydrogen-bond donors (Lipinski definition) is 8. The fourth-order valence-corrected chi connectivity index (χ4v) is 8.16. The number of aromatic nitrogens is 5. The van der Waals surface area contributed by atoms with E-state index < -0.39 is 89.5 Å². The Labute approximate surface area is 245 Å². The second kappa shape index (κ2) is 12.1. The Hall–Kier alpha value is -2.49. The summed E-state index contributed by atoms with van der Waals surface area (Å²) in [6.45, 7) is -0.845. The number of fused-ring (bicyclic) bond motifs is 1. The first kappa shape index (κ1) is 31.9. The van der Waals surface area contributed by atoms with E-state index in [9.17, 15) is 44.1 Å². The van der Waals surface area contributed by atoms with E-state index in [1.54, 1.807) is 0 Å². The van der Waals surface area contributed by atoms with Gasteiger partial charge in [0.1, 0.15) is 59.2 Å². The van der Waals surface area contributed by atoms with Crippen molar-refractivity contribution in [2.75, 3.05) is 18.5 Å². The highest BCUT2D eigenvalue weighted by Crippen LogP contribution is 2.60. The molecule has 20 nitrogen and oxygen atoms in total. The summed E-state index contributed by atoms with van der Waals surface area (Å²) in [5.41, 5.74) is 11.3. The van der Waals surface area contributed by atoms with E-state index in [0.29, 0.717) is 0 Å². The Kier molecular flexibility index (Phi) is 9.00. The molecule has 2 saturated heterocycles. The molecule has 0 spiro atoms. The monoisotopic (exact) mass is 667 g/mol. The van der Waals surface area contributed by atoms with Gasteiger partial charge < -0.3 is 51.2 Å². The zero-order chi connectivity index (χ0) is 31.3. The summed E-state index contributed by atoms with van der Waals surface area (Å²) >= 11 is 0.924. The minimum atomic E-state index is -5.24. The Morgan fingerprint density at radius 1 is 1.05 bits per heavy atom. The molecular formula is C20H27N7O13P2S. The first-order valence-electron chi connectivity index (χ1n) is 12.4. The summed E-state index contributed by atoms with van der Waals surface area (Å²) in [6.07, 6.45) is -9.98. The predicted octanol–water partition coefficient (Wildman–Crippen LogP) is -1.85. The number of phosphoric acid groups is 1. The van der Waals surface area contributed by atoms with E-state index in [1.807, 2.05) is 0 Å². The van der Waals surface area contributed by atoms with Gasteiger partial charge in [-0.25, -0.2) is 28.8 Å². The molecule has 3 aromatic rings. The predicted molar refractivity (Wildman–Crippen MR) is 142 cm³/mol. The number of primary amides is 1. The maximum atomic E-state index is 12.6. The molecule has 10 atom stereocenters. The lowest BCUT2D eigenvalue weighted by atomic mass is 10.1. The van der Waals surface area contributed by atoms with Gasteiger partial charge in [-0.1, -0.05) is 0 Å². The first-order chi connectivity index (χ1) is 20.2. The van der Waals surface area contributed by atoms with Crippen LogP contribution in [0.2, 0.25) is 0 Å². The van der Waals surface area contributed by atoms with Crippen LogP contribution in [0.4, 0.5) is 5.82 Å². The summed E-state index contributed by atoms with van der Waals surface area (Å²) in [5, 5.41) is 43.0. The van der Waals surface area contributed by atoms with E-state index in [4.69, 9.17) is 25.5 Å². The van der Waals surface area contributed by atoms with Gasteiger partial charge in [0.15, 0.2) is 17.7 Å². The van der Waals surface area contributed by atoms with Gasteiger partial charge in [-0.05, 0) is 6.42 Å². The molecule has 3 aromatic heterocycles. The molecule has 0 bridgehead atoms. The largest absolute Gasteiger partial charge is 0.479 e. The third kappa shape index (κ3) is 6.64. The zero-order valence-corrected chi connectivity index (χ0v) is 24.3. The van der Waals surface area contributed by atoms with Gasteiger partial charge in [0, 0.05) is 5.38 Å². The lowest BCUT2D eigenvalue weighted by Gasteiger charge is -2.20. The number of nitrogen functional groups attached to an aromatic ring is 1. The van der Waals surface area contributed by atoms with E-state index in [-0.39, 0.29) is 27.7 Å². The molecule has 2 fully saturated rings. The van der Waals surface area contributed by atoms with Crippen molar-refractivity contribution >= 4 is 49.6 Å². The second-order valence-electron chi connectivity index (χ2n) is 9.64. The molecule has 5 rings (SSSR count). The molecule has 2 aliphatic heterocycles. The van der Waals surface area contributed by atoms with E-state index in [2.05, 4.69) is 24.2 Å². The number of hydrogen-bond acceptors (Lipinski definition) is 17. The molecule has 43 heavy (non-hydrogen) atoms. The topological polar surface area (TPSA) is 318 Å². The van der Waals surface area contributed by atoms with Gasteiger partial charge in [0.2, 0.25) is 0 Å². The third-order valence-electron chi connectivity index (χ3n) is 6.71. The number of anilines is 1. The number of imidazole rings is 1. The van der Waals surface area contributed by atoms with Crippen LogP contribution in [0.1, 0.15) is 34.2 Å². The zero-order valence-electron chi connectivity index (χ0n) is 21.7. The number of carbonyl (C=O) groups excluding carboxylic acids is 1. The van der Waals surface area contributed by atoms with Crippen molar-refractivity contribution in [3.63, 3.8) is 0 Å². The van der Waals surface area contributed by atoms with Crippen LogP contribution in [0.25, 0.3) is 11.2 Å². The number of aliphatic hydroxyl groups excluding tert-OH is 4. The third-order valence-corrected chi connectivity index (χ3v) is 10.8. The van der Waals surface area contributed by atoms with E-state index in [0.717, 1.165) is 11.3 Å². The van der Waals surface area contributed by atoms with E-state index >= 15 is 0 Å². The van der Waals surface area contributed by atoms with Crippen LogP contribution < -0.4 is 11.5 Å². The van der Waals surface area contributed by atoms with Crippen molar-refractivity contribution in [1.82, 2.24) is 24.5 Å². The molecule has 0 aromatic carbocycles. The van der Waals surface area contributed by atoms with Crippen LogP contribution in [-0.4, -0.2) is 110 Å². The van der Waals surface area contributed by atoms with Gasteiger partial charge in [0.05, 0.1) is 25.2 Å². The molecule has 0 aliphatic carbocycles. The summed E-state index contributed by atoms with van der Waals surface area (Å²) in [5.74, 6) is -0.745. The van der Waals surface area contributed by atoms with Gasteiger partial charge in [0.25, 0.3) is 5.91 Å². The molecule has 0 saturated carbocycles. The Morgan fingerprint density at radius 3 is 2.47 bits per heavy atom. The lowest BCUT2D eigenvalue weighted by Crippen LogP contribution is -2.33. The highest BCUT2D eigenvalue weighted by Gasteiger charge is 2.48. The molecule has 10 N–H and O–H groups in total. The van der Waals surface area contributed by atoms with Crippen molar-refractivity contribution < 1.29 is 62.4 Å². The Balaban J connectivity index is 1.15. The van der Waals surface area contributed by atoms with E-state index in [1.165, 1.54) is 22.6 Å². The molecular weight excluding hydrogens is 640 g/mol. The first-order valence-corrected chi connectivity index (χ1v) is 16.5. The number of nitrogens with zero attached hydrogens (tertiary/aromatic N) is 5. The highest BCUT2D eigenvalue weighted by atomic mass is 32.1. The molecule has 0 radical (unpaired) electrons. The number of thiazole rings is 1. The van der Waals surface area contributed by atoms with Gasteiger partial charge in [-0.3, -0.25) is 18.5 Å². The lowest BCUT2D eigenvalue weighted by molar-refractivity contribution is -0.0356. The summed E-state index contributed by atoms with van der Waals surface area (Å²) in [7, 11) is -10.1. The van der Waals surface area contributed by atoms with Crippen molar-refractivity contribution in [1.29, 1.82) is 0 Å². The van der Waals surface area contributed by atoms with Gasteiger partial charge >= 0.3 is 15.4 Å². The SMILES string of the molecule is NC(=O)c1csc([C@@H]2O[C@H](COP(=O)(O)OP(=O)(O)CC[C@H]3O[C@@H](n4cnc5c(N)ncnc54)[C@H](O)[C@@H]3O)[C@@H](O)[C@H]2O)n1. The van der Waals surface area contributed by atoms with Crippen molar-refractivity contribution in [2.45, 2.75) is 55.4 Å². The summed E-state index contributed by atoms with van der Waals surface area (Å²) in [4.78, 5) is 47.4.